The molecule has 36 heavy (non-hydrogen) atoms. The molecule has 0 saturated heterocycles. The molecule has 1 aliphatic carbocycles. The van der Waals surface area contributed by atoms with Crippen LogP contribution in [0, 0.1) is 17.8 Å². The summed E-state index contributed by atoms with van der Waals surface area (Å²) in [5.41, 5.74) is 2.81. The van der Waals surface area contributed by atoms with Crippen molar-refractivity contribution in [3.63, 3.8) is 0 Å². The highest BCUT2D eigenvalue weighted by atomic mass is 31.2. The number of benzene rings is 2. The van der Waals surface area contributed by atoms with Crippen molar-refractivity contribution < 1.29 is 9.09 Å². The summed E-state index contributed by atoms with van der Waals surface area (Å²) < 4.78 is 22.4. The Morgan fingerprint density at radius 1 is 1.00 bits per heavy atom. The lowest BCUT2D eigenvalue weighted by atomic mass is 9.75. The summed E-state index contributed by atoms with van der Waals surface area (Å²) in [6.45, 7) is 6.80. The molecule has 5 atom stereocenters. The summed E-state index contributed by atoms with van der Waals surface area (Å²) in [6.07, 6.45) is 6.70. The van der Waals surface area contributed by atoms with Crippen molar-refractivity contribution in [3.05, 3.63) is 84.7 Å². The van der Waals surface area contributed by atoms with E-state index in [1.165, 1.54) is 6.42 Å². The first-order valence-electron chi connectivity index (χ1n) is 13.1. The van der Waals surface area contributed by atoms with Crippen molar-refractivity contribution in [1.29, 1.82) is 0 Å². The second-order valence-electron chi connectivity index (χ2n) is 10.7. The summed E-state index contributed by atoms with van der Waals surface area (Å²) in [5.74, 6) is 0.824. The number of hydrogen-bond donors (Lipinski definition) is 1. The fourth-order valence-corrected chi connectivity index (χ4v) is 7.88. The molecule has 0 spiro atoms. The van der Waals surface area contributed by atoms with Crippen molar-refractivity contribution in [1.82, 2.24) is 4.98 Å². The van der Waals surface area contributed by atoms with Crippen LogP contribution in [0.2, 0.25) is 0 Å². The molecule has 0 bridgehead atoms. The SMILES string of the molecule is CC(C)[C@H]1CC[C@@H](C)C[C@H]1O[P@@](=O)(c1ccc(N(C)C)cc1)[C@H](Nc1ccccc1)c1cccnc1. The summed E-state index contributed by atoms with van der Waals surface area (Å²) in [5, 5.41) is 4.31. The number of hydrogen-bond acceptors (Lipinski definition) is 5. The highest BCUT2D eigenvalue weighted by molar-refractivity contribution is 7.67. The quantitative estimate of drug-likeness (QED) is 0.308. The zero-order chi connectivity index (χ0) is 25.7. The average Bonchev–Trinajstić information content (AvgIpc) is 2.88. The van der Waals surface area contributed by atoms with Crippen LogP contribution in [0.3, 0.4) is 0 Å². The molecular formula is C30H40N3O2P. The van der Waals surface area contributed by atoms with Gasteiger partial charge in [-0.15, -0.1) is 0 Å². The van der Waals surface area contributed by atoms with Crippen LogP contribution in [0.5, 0.6) is 0 Å². The number of para-hydroxylation sites is 1. The standard InChI is InChI=1S/C30H40N3O2P/c1-22(2)28-18-13-23(3)20-29(28)35-36(34,27-16-14-26(15-17-27)33(4)5)30(24-10-9-19-31-21-24)32-25-11-7-6-8-12-25/h6-12,14-17,19,21-23,28-30,32H,13,18,20H2,1-5H3/t23-,28-,29-,30+,36+/m1/s1. The molecule has 1 heterocycles. The topological polar surface area (TPSA) is 54.5 Å². The van der Waals surface area contributed by atoms with Gasteiger partial charge in [0.05, 0.1) is 6.10 Å². The molecule has 1 fully saturated rings. The van der Waals surface area contributed by atoms with E-state index in [4.69, 9.17) is 4.52 Å². The maximum atomic E-state index is 15.4. The van der Waals surface area contributed by atoms with E-state index in [1.54, 1.807) is 12.4 Å². The molecule has 192 valence electrons. The number of nitrogens with zero attached hydrogens (tertiary/aromatic N) is 2. The van der Waals surface area contributed by atoms with Crippen LogP contribution in [0.4, 0.5) is 11.4 Å². The third kappa shape index (κ3) is 6.02. The lowest BCUT2D eigenvalue weighted by molar-refractivity contribution is 0.0488. The summed E-state index contributed by atoms with van der Waals surface area (Å²) in [6, 6.07) is 21.8. The zero-order valence-electron chi connectivity index (χ0n) is 22.2. The van der Waals surface area contributed by atoms with Crippen LogP contribution < -0.4 is 15.5 Å². The summed E-state index contributed by atoms with van der Waals surface area (Å²) in [7, 11) is 0.561. The van der Waals surface area contributed by atoms with Gasteiger partial charge in [0.25, 0.3) is 7.37 Å². The molecule has 1 aromatic heterocycles. The van der Waals surface area contributed by atoms with Gasteiger partial charge in [-0.1, -0.05) is 51.5 Å². The van der Waals surface area contributed by atoms with E-state index in [9.17, 15) is 0 Å². The molecule has 1 aliphatic rings. The Bertz CT molecular complexity index is 1140. The van der Waals surface area contributed by atoms with Crippen LogP contribution in [0.15, 0.2) is 79.1 Å². The minimum atomic E-state index is -3.46. The number of nitrogens with one attached hydrogen (secondary N) is 1. The van der Waals surface area contributed by atoms with E-state index in [0.29, 0.717) is 17.8 Å². The minimum Gasteiger partial charge on any atom is -0.378 e. The van der Waals surface area contributed by atoms with Crippen molar-refractivity contribution in [2.45, 2.75) is 51.9 Å². The van der Waals surface area contributed by atoms with E-state index < -0.39 is 13.2 Å². The van der Waals surface area contributed by atoms with Crippen LogP contribution >= 0.6 is 7.37 Å². The Morgan fingerprint density at radius 3 is 2.33 bits per heavy atom. The molecule has 6 heteroatoms. The first kappa shape index (κ1) is 26.4. The Kier molecular flexibility index (Phi) is 8.54. The third-order valence-corrected chi connectivity index (χ3v) is 10.1. The molecule has 5 nitrogen and oxygen atoms in total. The van der Waals surface area contributed by atoms with E-state index in [2.05, 4.69) is 31.1 Å². The van der Waals surface area contributed by atoms with E-state index in [-0.39, 0.29) is 6.10 Å². The van der Waals surface area contributed by atoms with Gasteiger partial charge in [-0.05, 0) is 73.1 Å². The predicted octanol–water partition coefficient (Wildman–Crippen LogP) is 7.34. The lowest BCUT2D eigenvalue weighted by Gasteiger charge is -2.41. The maximum absolute atomic E-state index is 15.4. The monoisotopic (exact) mass is 505 g/mol. The van der Waals surface area contributed by atoms with Crippen molar-refractivity contribution in [2.24, 2.45) is 17.8 Å². The first-order chi connectivity index (χ1) is 17.3. The second-order valence-corrected chi connectivity index (χ2v) is 13.1. The Balaban J connectivity index is 1.83. The number of rotatable bonds is 9. The minimum absolute atomic E-state index is 0.0650. The van der Waals surface area contributed by atoms with Gasteiger partial charge in [0.15, 0.2) is 0 Å². The average molecular weight is 506 g/mol. The Labute approximate surface area is 216 Å². The Morgan fingerprint density at radius 2 is 1.72 bits per heavy atom. The highest BCUT2D eigenvalue weighted by Crippen LogP contribution is 2.61. The summed E-state index contributed by atoms with van der Waals surface area (Å²) >= 11 is 0. The number of aromatic nitrogens is 1. The van der Waals surface area contributed by atoms with Gasteiger partial charge in [-0.2, -0.15) is 0 Å². The van der Waals surface area contributed by atoms with Gasteiger partial charge in [-0.3, -0.25) is 9.55 Å². The van der Waals surface area contributed by atoms with Crippen LogP contribution in [0.1, 0.15) is 51.4 Å². The van der Waals surface area contributed by atoms with Gasteiger partial charge in [0.2, 0.25) is 0 Å². The van der Waals surface area contributed by atoms with Crippen LogP contribution in [0.25, 0.3) is 0 Å². The van der Waals surface area contributed by atoms with E-state index in [0.717, 1.165) is 35.1 Å². The van der Waals surface area contributed by atoms with Crippen molar-refractivity contribution in [3.8, 4) is 0 Å². The van der Waals surface area contributed by atoms with Crippen LogP contribution in [-0.2, 0) is 9.09 Å². The highest BCUT2D eigenvalue weighted by Gasteiger charge is 2.43. The van der Waals surface area contributed by atoms with Gasteiger partial charge in [-0.25, -0.2) is 0 Å². The molecule has 0 unspecified atom stereocenters. The molecule has 2 aromatic carbocycles. The number of anilines is 2. The molecule has 4 rings (SSSR count). The first-order valence-corrected chi connectivity index (χ1v) is 14.7. The molecule has 0 aliphatic heterocycles. The zero-order valence-corrected chi connectivity index (χ0v) is 23.1. The summed E-state index contributed by atoms with van der Waals surface area (Å²) in [4.78, 5) is 6.42. The molecule has 0 radical (unpaired) electrons. The lowest BCUT2D eigenvalue weighted by Crippen LogP contribution is -2.35. The van der Waals surface area contributed by atoms with Gasteiger partial charge in [0.1, 0.15) is 5.78 Å². The molecule has 1 N–H and O–H groups in total. The fourth-order valence-electron chi connectivity index (χ4n) is 5.26. The largest absolute Gasteiger partial charge is 0.378 e. The fraction of sp³-hybridized carbons (Fsp3) is 0.433. The molecule has 3 aromatic rings. The van der Waals surface area contributed by atoms with Crippen molar-refractivity contribution >= 4 is 24.0 Å². The molecular weight excluding hydrogens is 465 g/mol. The second kappa shape index (κ2) is 11.6. The van der Waals surface area contributed by atoms with Crippen LogP contribution in [-0.4, -0.2) is 25.2 Å². The molecule has 1 saturated carbocycles. The van der Waals surface area contributed by atoms with Crippen molar-refractivity contribution in [2.75, 3.05) is 24.3 Å². The van der Waals surface area contributed by atoms with Gasteiger partial charge in [0, 0.05) is 48.7 Å². The third-order valence-electron chi connectivity index (χ3n) is 7.40. The Hall–Kier alpha value is -2.62. The molecule has 0 amide bonds. The normalized spacial score (nSPS) is 22.6. The van der Waals surface area contributed by atoms with E-state index in [1.807, 2.05) is 85.7 Å². The maximum Gasteiger partial charge on any atom is 0.258 e. The van der Waals surface area contributed by atoms with Gasteiger partial charge >= 0.3 is 0 Å². The smallest absolute Gasteiger partial charge is 0.258 e. The number of pyridine rings is 1. The van der Waals surface area contributed by atoms with Gasteiger partial charge < -0.3 is 14.7 Å². The predicted molar refractivity (Wildman–Crippen MR) is 151 cm³/mol. The van der Waals surface area contributed by atoms with E-state index >= 15 is 4.57 Å².